The van der Waals surface area contributed by atoms with Crippen LogP contribution in [0.4, 0.5) is 5.69 Å². The number of aryl methyl sites for hydroxylation is 1. The van der Waals surface area contributed by atoms with Crippen LogP contribution in [0.2, 0.25) is 0 Å². The predicted molar refractivity (Wildman–Crippen MR) is 92.4 cm³/mol. The SMILES string of the molecule is CCCn1nc(C(=O)N(C)[C@H](C)c2cccc([N+](=O)[O-])c2)ccc1=O. The van der Waals surface area contributed by atoms with Crippen molar-refractivity contribution < 1.29 is 9.72 Å². The largest absolute Gasteiger partial charge is 0.334 e. The van der Waals surface area contributed by atoms with Gasteiger partial charge in [-0.25, -0.2) is 4.68 Å². The van der Waals surface area contributed by atoms with Gasteiger partial charge >= 0.3 is 0 Å². The number of non-ortho nitro benzene ring substituents is 1. The second-order valence-corrected chi connectivity index (χ2v) is 5.72. The van der Waals surface area contributed by atoms with E-state index in [0.717, 1.165) is 6.42 Å². The van der Waals surface area contributed by atoms with E-state index in [-0.39, 0.29) is 28.9 Å². The molecule has 2 rings (SSSR count). The number of carbonyl (C=O) groups is 1. The molecule has 0 radical (unpaired) electrons. The van der Waals surface area contributed by atoms with Crippen LogP contribution in [0.1, 0.15) is 42.4 Å². The monoisotopic (exact) mass is 344 g/mol. The molecule has 1 amide bonds. The number of carbonyl (C=O) groups excluding carboxylic acids is 1. The summed E-state index contributed by atoms with van der Waals surface area (Å²) in [6.07, 6.45) is 0.727. The summed E-state index contributed by atoms with van der Waals surface area (Å²) in [5, 5.41) is 15.0. The summed E-state index contributed by atoms with van der Waals surface area (Å²) in [4.78, 5) is 36.3. The van der Waals surface area contributed by atoms with Crippen molar-refractivity contribution >= 4 is 11.6 Å². The Morgan fingerprint density at radius 2 is 2.08 bits per heavy atom. The minimum atomic E-state index is -0.472. The number of hydrogen-bond acceptors (Lipinski definition) is 5. The third-order valence-corrected chi connectivity index (χ3v) is 3.99. The first-order valence-electron chi connectivity index (χ1n) is 7.94. The zero-order valence-electron chi connectivity index (χ0n) is 14.4. The zero-order valence-corrected chi connectivity index (χ0v) is 14.4. The molecule has 0 saturated carbocycles. The van der Waals surface area contributed by atoms with E-state index >= 15 is 0 Å². The molecule has 132 valence electrons. The lowest BCUT2D eigenvalue weighted by molar-refractivity contribution is -0.384. The normalized spacial score (nSPS) is 11.8. The second-order valence-electron chi connectivity index (χ2n) is 5.72. The molecule has 1 aromatic carbocycles. The van der Waals surface area contributed by atoms with Gasteiger partial charge in [0.2, 0.25) is 0 Å². The molecule has 0 fully saturated rings. The number of amides is 1. The van der Waals surface area contributed by atoms with E-state index in [9.17, 15) is 19.7 Å². The Balaban J connectivity index is 2.27. The Kier molecular flexibility index (Phi) is 5.63. The fraction of sp³-hybridized carbons (Fsp3) is 0.353. The van der Waals surface area contributed by atoms with Gasteiger partial charge in [0.05, 0.1) is 11.0 Å². The summed E-state index contributed by atoms with van der Waals surface area (Å²) in [5.74, 6) is -0.358. The fourth-order valence-electron chi connectivity index (χ4n) is 2.41. The third kappa shape index (κ3) is 4.09. The molecule has 1 aromatic heterocycles. The summed E-state index contributed by atoms with van der Waals surface area (Å²) in [7, 11) is 1.60. The molecule has 8 heteroatoms. The molecular formula is C17H20N4O4. The predicted octanol–water partition coefficient (Wildman–Crippen LogP) is 2.39. The molecule has 0 aliphatic heterocycles. The molecule has 0 N–H and O–H groups in total. The van der Waals surface area contributed by atoms with E-state index in [1.165, 1.54) is 33.8 Å². The highest BCUT2D eigenvalue weighted by Gasteiger charge is 2.22. The molecule has 0 bridgehead atoms. The van der Waals surface area contributed by atoms with Crippen LogP contribution in [0.25, 0.3) is 0 Å². The van der Waals surface area contributed by atoms with Gasteiger partial charge in [-0.15, -0.1) is 0 Å². The van der Waals surface area contributed by atoms with E-state index in [0.29, 0.717) is 12.1 Å². The van der Waals surface area contributed by atoms with Crippen molar-refractivity contribution in [2.24, 2.45) is 0 Å². The van der Waals surface area contributed by atoms with E-state index in [1.54, 1.807) is 26.1 Å². The van der Waals surface area contributed by atoms with Gasteiger partial charge in [-0.3, -0.25) is 19.7 Å². The van der Waals surface area contributed by atoms with Gasteiger partial charge in [-0.2, -0.15) is 5.10 Å². The van der Waals surface area contributed by atoms with Gasteiger partial charge in [0, 0.05) is 31.8 Å². The molecule has 25 heavy (non-hydrogen) atoms. The Bertz CT molecular complexity index is 847. The number of aromatic nitrogens is 2. The average molecular weight is 344 g/mol. The van der Waals surface area contributed by atoms with Gasteiger partial charge < -0.3 is 4.90 Å². The first-order valence-corrected chi connectivity index (χ1v) is 7.94. The van der Waals surface area contributed by atoms with Crippen molar-refractivity contribution in [1.82, 2.24) is 14.7 Å². The van der Waals surface area contributed by atoms with Gasteiger partial charge in [0.25, 0.3) is 17.2 Å². The summed E-state index contributed by atoms with van der Waals surface area (Å²) in [5.41, 5.74) is 0.521. The van der Waals surface area contributed by atoms with Gasteiger partial charge in [0.15, 0.2) is 0 Å². The molecule has 1 heterocycles. The quantitative estimate of drug-likeness (QED) is 0.592. The van der Waals surface area contributed by atoms with Crippen LogP contribution in [0.15, 0.2) is 41.2 Å². The van der Waals surface area contributed by atoms with Gasteiger partial charge in [-0.1, -0.05) is 19.1 Å². The molecule has 0 aliphatic rings. The molecule has 1 atom stereocenters. The highest BCUT2D eigenvalue weighted by Crippen LogP contribution is 2.23. The molecular weight excluding hydrogens is 324 g/mol. The summed E-state index contributed by atoms with van der Waals surface area (Å²) >= 11 is 0. The fourth-order valence-corrected chi connectivity index (χ4v) is 2.41. The van der Waals surface area contributed by atoms with E-state index in [2.05, 4.69) is 5.10 Å². The van der Waals surface area contributed by atoms with Gasteiger partial charge in [-0.05, 0) is 25.0 Å². The Hall–Kier alpha value is -3.03. The van der Waals surface area contributed by atoms with Crippen molar-refractivity contribution in [3.05, 3.63) is 68.1 Å². The highest BCUT2D eigenvalue weighted by atomic mass is 16.6. The average Bonchev–Trinajstić information content (AvgIpc) is 2.62. The molecule has 8 nitrogen and oxygen atoms in total. The third-order valence-electron chi connectivity index (χ3n) is 3.99. The zero-order chi connectivity index (χ0) is 18.6. The van der Waals surface area contributed by atoms with Crippen molar-refractivity contribution in [2.45, 2.75) is 32.9 Å². The maximum absolute atomic E-state index is 12.7. The Morgan fingerprint density at radius 3 is 2.72 bits per heavy atom. The standard InChI is InChI=1S/C17H20N4O4/c1-4-10-20-16(22)9-8-15(18-20)17(23)19(3)12(2)13-6-5-7-14(11-13)21(24)25/h5-9,11-12H,4,10H2,1-3H3/t12-/m1/s1. The Labute approximate surface area is 144 Å². The highest BCUT2D eigenvalue weighted by molar-refractivity contribution is 5.92. The van der Waals surface area contributed by atoms with Crippen molar-refractivity contribution in [1.29, 1.82) is 0 Å². The van der Waals surface area contributed by atoms with Crippen LogP contribution in [-0.4, -0.2) is 32.6 Å². The van der Waals surface area contributed by atoms with Crippen molar-refractivity contribution in [3.8, 4) is 0 Å². The van der Waals surface area contributed by atoms with Crippen LogP contribution in [0.5, 0.6) is 0 Å². The number of benzene rings is 1. The molecule has 0 aliphatic carbocycles. The maximum Gasteiger partial charge on any atom is 0.274 e. The number of nitro groups is 1. The number of rotatable bonds is 6. The summed E-state index contributed by atoms with van der Waals surface area (Å²) in [6.45, 7) is 4.13. The van der Waals surface area contributed by atoms with Crippen LogP contribution in [-0.2, 0) is 6.54 Å². The first kappa shape index (κ1) is 18.3. The Morgan fingerprint density at radius 1 is 1.36 bits per heavy atom. The molecule has 2 aromatic rings. The smallest absolute Gasteiger partial charge is 0.274 e. The molecule has 0 unspecified atom stereocenters. The van der Waals surface area contributed by atoms with Crippen LogP contribution in [0.3, 0.4) is 0 Å². The van der Waals surface area contributed by atoms with E-state index in [4.69, 9.17) is 0 Å². The number of hydrogen-bond donors (Lipinski definition) is 0. The maximum atomic E-state index is 12.7. The lowest BCUT2D eigenvalue weighted by atomic mass is 10.1. The van der Waals surface area contributed by atoms with Crippen molar-refractivity contribution in [2.75, 3.05) is 7.05 Å². The molecule has 0 spiro atoms. The summed E-state index contributed by atoms with van der Waals surface area (Å²) < 4.78 is 1.26. The summed E-state index contributed by atoms with van der Waals surface area (Å²) in [6, 6.07) is 8.49. The number of nitrogens with zero attached hydrogens (tertiary/aromatic N) is 4. The molecule has 0 saturated heterocycles. The van der Waals surface area contributed by atoms with Gasteiger partial charge in [0.1, 0.15) is 5.69 Å². The second kappa shape index (κ2) is 7.69. The van der Waals surface area contributed by atoms with E-state index in [1.807, 2.05) is 6.92 Å². The van der Waals surface area contributed by atoms with Crippen molar-refractivity contribution in [3.63, 3.8) is 0 Å². The van der Waals surface area contributed by atoms with Crippen LogP contribution in [0, 0.1) is 10.1 Å². The first-order chi connectivity index (χ1) is 11.8. The number of nitro benzene ring substituents is 1. The van der Waals surface area contributed by atoms with Crippen LogP contribution >= 0.6 is 0 Å². The minimum absolute atomic E-state index is 0.0279. The topological polar surface area (TPSA) is 98.3 Å². The lowest BCUT2D eigenvalue weighted by Gasteiger charge is -2.25. The lowest BCUT2D eigenvalue weighted by Crippen LogP contribution is -2.33. The van der Waals surface area contributed by atoms with Crippen LogP contribution < -0.4 is 5.56 Å². The van der Waals surface area contributed by atoms with E-state index < -0.39 is 4.92 Å². The minimum Gasteiger partial charge on any atom is -0.334 e.